The van der Waals surface area contributed by atoms with Gasteiger partial charge in [0.2, 0.25) is 0 Å². The molecule has 0 unspecified atom stereocenters. The van der Waals surface area contributed by atoms with E-state index in [9.17, 15) is 18.0 Å². The number of nitrogens with one attached hydrogen (secondary N) is 1. The Balaban J connectivity index is 2.96. The highest BCUT2D eigenvalue weighted by Gasteiger charge is 2.28. The summed E-state index contributed by atoms with van der Waals surface area (Å²) < 4.78 is 35.8. The number of hydrogen-bond acceptors (Lipinski definition) is 3. The summed E-state index contributed by atoms with van der Waals surface area (Å²) in [7, 11) is 0. The second-order valence-corrected chi connectivity index (χ2v) is 3.13. The van der Waals surface area contributed by atoms with Crippen LogP contribution >= 0.6 is 0 Å². The smallest absolute Gasteiger partial charge is 0.405 e. The Morgan fingerprint density at radius 1 is 1.56 bits per heavy atom. The number of alkyl halides is 3. The van der Waals surface area contributed by atoms with Crippen molar-refractivity contribution in [2.45, 2.75) is 13.1 Å². The molecule has 1 rings (SSSR count). The lowest BCUT2D eigenvalue weighted by Gasteiger charge is -2.11. The van der Waals surface area contributed by atoms with Crippen LogP contribution < -0.4 is 5.32 Å². The number of aromatic carboxylic acids is 1. The lowest BCUT2D eigenvalue weighted by molar-refractivity contribution is -0.115. The zero-order chi connectivity index (χ0) is 12.3. The normalized spacial score (nSPS) is 11.2. The van der Waals surface area contributed by atoms with Crippen molar-refractivity contribution in [2.75, 3.05) is 11.9 Å². The molecule has 2 N–H and O–H groups in total. The van der Waals surface area contributed by atoms with Crippen molar-refractivity contribution in [1.82, 2.24) is 4.98 Å². The molecule has 88 valence electrons. The number of aromatic nitrogens is 1. The Morgan fingerprint density at radius 3 is 2.69 bits per heavy atom. The maximum atomic E-state index is 11.9. The minimum atomic E-state index is -4.42. The van der Waals surface area contributed by atoms with Crippen molar-refractivity contribution in [1.29, 1.82) is 0 Å². The maximum absolute atomic E-state index is 11.9. The van der Waals surface area contributed by atoms with Crippen LogP contribution in [-0.4, -0.2) is 28.8 Å². The third-order valence-electron chi connectivity index (χ3n) is 1.83. The first-order chi connectivity index (χ1) is 7.31. The Morgan fingerprint density at radius 2 is 2.19 bits per heavy atom. The van der Waals surface area contributed by atoms with E-state index in [4.69, 9.17) is 5.11 Å². The summed E-state index contributed by atoms with van der Waals surface area (Å²) in [4.78, 5) is 14.4. The van der Waals surface area contributed by atoms with Gasteiger partial charge in [0.25, 0.3) is 0 Å². The molecule has 0 bridgehead atoms. The second kappa shape index (κ2) is 4.38. The fourth-order valence-corrected chi connectivity index (χ4v) is 1.15. The number of hydrogen-bond donors (Lipinski definition) is 2. The number of aryl methyl sites for hydroxylation is 1. The van der Waals surface area contributed by atoms with E-state index >= 15 is 0 Å². The largest absolute Gasteiger partial charge is 0.478 e. The SMILES string of the molecule is Cc1ccnc(NCC(F)(F)F)c1C(=O)O. The Bertz CT molecular complexity index is 404. The molecule has 4 nitrogen and oxygen atoms in total. The molecule has 0 saturated carbocycles. The van der Waals surface area contributed by atoms with Crippen LogP contribution in [0.3, 0.4) is 0 Å². The highest BCUT2D eigenvalue weighted by molar-refractivity contribution is 5.94. The fourth-order valence-electron chi connectivity index (χ4n) is 1.15. The monoisotopic (exact) mass is 234 g/mol. The van der Waals surface area contributed by atoms with Gasteiger partial charge in [-0.15, -0.1) is 0 Å². The zero-order valence-corrected chi connectivity index (χ0v) is 8.30. The van der Waals surface area contributed by atoms with Crippen LogP contribution in [0.15, 0.2) is 12.3 Å². The van der Waals surface area contributed by atoms with E-state index < -0.39 is 18.7 Å². The average Bonchev–Trinajstić information content (AvgIpc) is 2.12. The van der Waals surface area contributed by atoms with Crippen LogP contribution in [0.1, 0.15) is 15.9 Å². The Kier molecular flexibility index (Phi) is 3.36. The predicted molar refractivity (Wildman–Crippen MR) is 50.5 cm³/mol. The first kappa shape index (κ1) is 12.3. The summed E-state index contributed by atoms with van der Waals surface area (Å²) in [6, 6.07) is 1.42. The van der Waals surface area contributed by atoms with Crippen molar-refractivity contribution < 1.29 is 23.1 Å². The zero-order valence-electron chi connectivity index (χ0n) is 8.30. The molecule has 0 fully saturated rings. The molecule has 0 aliphatic rings. The van der Waals surface area contributed by atoms with Crippen LogP contribution in [-0.2, 0) is 0 Å². The number of carboxylic acids is 1. The first-order valence-electron chi connectivity index (χ1n) is 4.31. The fraction of sp³-hybridized carbons (Fsp3) is 0.333. The van der Waals surface area contributed by atoms with Crippen LogP contribution in [0.25, 0.3) is 0 Å². The summed E-state index contributed by atoms with van der Waals surface area (Å²) in [5, 5.41) is 10.8. The van der Waals surface area contributed by atoms with Crippen molar-refractivity contribution in [3.63, 3.8) is 0 Å². The number of carbonyl (C=O) groups is 1. The third-order valence-corrected chi connectivity index (χ3v) is 1.83. The molecule has 0 atom stereocenters. The van der Waals surface area contributed by atoms with Crippen molar-refractivity contribution in [3.8, 4) is 0 Å². The molecular weight excluding hydrogens is 225 g/mol. The molecule has 0 spiro atoms. The summed E-state index contributed by atoms with van der Waals surface area (Å²) in [5.41, 5.74) is 0.110. The molecule has 7 heteroatoms. The second-order valence-electron chi connectivity index (χ2n) is 3.13. The van der Waals surface area contributed by atoms with Crippen molar-refractivity contribution in [3.05, 3.63) is 23.4 Å². The third kappa shape index (κ3) is 3.11. The number of nitrogens with zero attached hydrogens (tertiary/aromatic N) is 1. The van der Waals surface area contributed by atoms with E-state index in [-0.39, 0.29) is 11.4 Å². The van der Waals surface area contributed by atoms with E-state index in [0.717, 1.165) is 0 Å². The summed E-state index contributed by atoms with van der Waals surface area (Å²) >= 11 is 0. The van der Waals surface area contributed by atoms with E-state index in [1.54, 1.807) is 0 Å². The van der Waals surface area contributed by atoms with E-state index in [0.29, 0.717) is 5.56 Å². The van der Waals surface area contributed by atoms with Gasteiger partial charge in [-0.25, -0.2) is 9.78 Å². The molecular formula is C9H9F3N2O2. The minimum absolute atomic E-state index is 0.244. The molecule has 1 aromatic heterocycles. The molecule has 1 aromatic rings. The Hall–Kier alpha value is -1.79. The van der Waals surface area contributed by atoms with Gasteiger partial charge in [0.15, 0.2) is 0 Å². The standard InChI is InChI=1S/C9H9F3N2O2/c1-5-2-3-13-7(6(5)8(15)16)14-4-9(10,11)12/h2-3H,4H2,1H3,(H,13,14)(H,15,16). The van der Waals surface area contributed by atoms with Crippen molar-refractivity contribution in [2.24, 2.45) is 0 Å². The topological polar surface area (TPSA) is 62.2 Å². The number of pyridine rings is 1. The first-order valence-corrected chi connectivity index (χ1v) is 4.31. The number of halogens is 3. The number of anilines is 1. The maximum Gasteiger partial charge on any atom is 0.405 e. The molecule has 0 aromatic carbocycles. The Labute approximate surface area is 89.1 Å². The van der Waals surface area contributed by atoms with Crippen LogP contribution in [0, 0.1) is 6.92 Å². The van der Waals surface area contributed by atoms with Gasteiger partial charge in [0.1, 0.15) is 17.9 Å². The quantitative estimate of drug-likeness (QED) is 0.840. The van der Waals surface area contributed by atoms with Gasteiger partial charge >= 0.3 is 12.1 Å². The minimum Gasteiger partial charge on any atom is -0.478 e. The van der Waals surface area contributed by atoms with E-state index in [2.05, 4.69) is 4.98 Å². The molecule has 0 saturated heterocycles. The van der Waals surface area contributed by atoms with Crippen LogP contribution in [0.4, 0.5) is 19.0 Å². The van der Waals surface area contributed by atoms with E-state index in [1.807, 2.05) is 5.32 Å². The van der Waals surface area contributed by atoms with Crippen LogP contribution in [0.5, 0.6) is 0 Å². The highest BCUT2D eigenvalue weighted by Crippen LogP contribution is 2.20. The number of rotatable bonds is 3. The molecule has 0 amide bonds. The molecule has 16 heavy (non-hydrogen) atoms. The lowest BCUT2D eigenvalue weighted by Crippen LogP contribution is -2.23. The van der Waals surface area contributed by atoms with Gasteiger partial charge < -0.3 is 10.4 Å². The van der Waals surface area contributed by atoms with Gasteiger partial charge in [0, 0.05) is 6.20 Å². The summed E-state index contributed by atoms with van der Waals surface area (Å²) in [6.45, 7) is 0.174. The summed E-state index contributed by atoms with van der Waals surface area (Å²) in [6.07, 6.45) is -3.16. The highest BCUT2D eigenvalue weighted by atomic mass is 19.4. The number of carboxylic acid groups (broad SMARTS) is 1. The van der Waals surface area contributed by atoms with Gasteiger partial charge in [-0.2, -0.15) is 13.2 Å². The molecule has 0 aliphatic carbocycles. The molecule has 0 radical (unpaired) electrons. The lowest BCUT2D eigenvalue weighted by atomic mass is 10.1. The summed E-state index contributed by atoms with van der Waals surface area (Å²) in [5.74, 6) is -1.58. The van der Waals surface area contributed by atoms with Gasteiger partial charge in [-0.3, -0.25) is 0 Å². The predicted octanol–water partition coefficient (Wildman–Crippen LogP) is 2.06. The van der Waals surface area contributed by atoms with Crippen molar-refractivity contribution >= 4 is 11.8 Å². The van der Waals surface area contributed by atoms with E-state index in [1.165, 1.54) is 19.2 Å². The van der Waals surface area contributed by atoms with Crippen LogP contribution in [0.2, 0.25) is 0 Å². The average molecular weight is 234 g/mol. The van der Waals surface area contributed by atoms with Gasteiger partial charge in [0.05, 0.1) is 0 Å². The molecule has 1 heterocycles. The van der Waals surface area contributed by atoms with Gasteiger partial charge in [-0.05, 0) is 18.6 Å². The van der Waals surface area contributed by atoms with Gasteiger partial charge in [-0.1, -0.05) is 0 Å². The molecule has 0 aliphatic heterocycles.